The number of sulfonamides is 1. The molecule has 0 saturated heterocycles. The third kappa shape index (κ3) is 4.69. The van der Waals surface area contributed by atoms with Crippen LogP contribution in [0.15, 0.2) is 52.2 Å². The van der Waals surface area contributed by atoms with Crippen molar-refractivity contribution in [2.45, 2.75) is 31.5 Å². The number of nitrogens with zero attached hydrogens (tertiary/aromatic N) is 1. The van der Waals surface area contributed by atoms with Crippen LogP contribution in [0.25, 0.3) is 0 Å². The predicted molar refractivity (Wildman–Crippen MR) is 96.2 cm³/mol. The molecule has 2 N–H and O–H groups in total. The lowest BCUT2D eigenvalue weighted by Gasteiger charge is -2.18. The van der Waals surface area contributed by atoms with Crippen LogP contribution in [-0.2, 0) is 27.0 Å². The molecule has 2 aromatic rings. The van der Waals surface area contributed by atoms with Gasteiger partial charge in [-0.1, -0.05) is 30.3 Å². The fourth-order valence-corrected chi connectivity index (χ4v) is 4.26. The Balaban J connectivity index is 1.46. The first kappa shape index (κ1) is 18.6. The molecule has 0 unspecified atom stereocenters. The van der Waals surface area contributed by atoms with Crippen molar-refractivity contribution in [3.05, 3.63) is 69.0 Å². The van der Waals surface area contributed by atoms with Crippen molar-refractivity contribution in [1.29, 1.82) is 0 Å². The van der Waals surface area contributed by atoms with Gasteiger partial charge in [0.25, 0.3) is 5.56 Å². The highest BCUT2D eigenvalue weighted by Crippen LogP contribution is 2.45. The van der Waals surface area contributed by atoms with E-state index in [0.717, 1.165) is 18.4 Å². The highest BCUT2D eigenvalue weighted by Gasteiger charge is 2.46. The summed E-state index contributed by atoms with van der Waals surface area (Å²) < 4.78 is 34.0. The van der Waals surface area contributed by atoms with Crippen LogP contribution >= 0.6 is 0 Å². The van der Waals surface area contributed by atoms with Gasteiger partial charge >= 0.3 is 5.69 Å². The molecule has 0 atom stereocenters. The van der Waals surface area contributed by atoms with Gasteiger partial charge in [0.1, 0.15) is 6.73 Å². The minimum absolute atomic E-state index is 0.0446. The standard InChI is InChI=1S/C17H21N3O5S/c21-15-7-10-20(16(22)18-15)13-25-11-4-12-26(23,24)19-17(8-9-17)14-5-2-1-3-6-14/h1-3,5-7,10,19H,4,8-9,11-13H2,(H,18,21,22). The number of rotatable bonds is 9. The molecule has 1 heterocycles. The summed E-state index contributed by atoms with van der Waals surface area (Å²) in [5, 5.41) is 0. The Morgan fingerprint density at radius 2 is 1.88 bits per heavy atom. The second-order valence-electron chi connectivity index (χ2n) is 6.34. The van der Waals surface area contributed by atoms with Crippen molar-refractivity contribution in [2.75, 3.05) is 12.4 Å². The molecule has 140 valence electrons. The average molecular weight is 379 g/mol. The van der Waals surface area contributed by atoms with E-state index in [1.165, 1.54) is 16.8 Å². The quantitative estimate of drug-likeness (QED) is 0.617. The molecule has 1 aliphatic carbocycles. The van der Waals surface area contributed by atoms with Crippen LogP contribution in [0.1, 0.15) is 24.8 Å². The Bertz CT molecular complexity index is 962. The number of hydrogen-bond donors (Lipinski definition) is 2. The molecular weight excluding hydrogens is 358 g/mol. The molecule has 3 rings (SSSR count). The number of H-pyrrole nitrogens is 1. The first-order valence-electron chi connectivity index (χ1n) is 8.35. The smallest absolute Gasteiger partial charge is 0.330 e. The van der Waals surface area contributed by atoms with E-state index in [-0.39, 0.29) is 19.1 Å². The summed E-state index contributed by atoms with van der Waals surface area (Å²) in [5.41, 5.74) is -0.525. The third-order valence-corrected chi connectivity index (χ3v) is 5.78. The van der Waals surface area contributed by atoms with E-state index in [2.05, 4.69) is 9.71 Å². The molecular formula is C17H21N3O5S. The monoisotopic (exact) mass is 379 g/mol. The number of aromatic nitrogens is 2. The summed E-state index contributed by atoms with van der Waals surface area (Å²) in [6.07, 6.45) is 3.22. The summed E-state index contributed by atoms with van der Waals surface area (Å²) in [6.45, 7) is 0.141. The Labute approximate surface area is 150 Å². The van der Waals surface area contributed by atoms with Gasteiger partial charge in [0.15, 0.2) is 0 Å². The SMILES string of the molecule is O=c1ccn(COCCCS(=O)(=O)NC2(c3ccccc3)CC2)c(=O)[nH]1. The van der Waals surface area contributed by atoms with Crippen molar-refractivity contribution in [2.24, 2.45) is 0 Å². The third-order valence-electron chi connectivity index (χ3n) is 4.26. The molecule has 0 amide bonds. The minimum Gasteiger partial charge on any atom is -0.361 e. The molecule has 8 nitrogen and oxygen atoms in total. The molecule has 1 aliphatic rings. The molecule has 0 spiro atoms. The summed E-state index contributed by atoms with van der Waals surface area (Å²) in [4.78, 5) is 24.6. The first-order valence-corrected chi connectivity index (χ1v) is 10.0. The summed E-state index contributed by atoms with van der Waals surface area (Å²) in [7, 11) is -3.43. The van der Waals surface area contributed by atoms with Crippen molar-refractivity contribution in [3.8, 4) is 0 Å². The van der Waals surface area contributed by atoms with Gasteiger partial charge in [-0.2, -0.15) is 0 Å². The van der Waals surface area contributed by atoms with Gasteiger partial charge in [-0.25, -0.2) is 17.9 Å². The number of aromatic amines is 1. The van der Waals surface area contributed by atoms with Gasteiger partial charge in [0, 0.05) is 18.9 Å². The summed E-state index contributed by atoms with van der Waals surface area (Å²) >= 11 is 0. The van der Waals surface area contributed by atoms with E-state index in [0.29, 0.717) is 6.42 Å². The van der Waals surface area contributed by atoms with Crippen LogP contribution in [0, 0.1) is 0 Å². The lowest BCUT2D eigenvalue weighted by molar-refractivity contribution is 0.0744. The van der Waals surface area contributed by atoms with E-state index in [9.17, 15) is 18.0 Å². The topological polar surface area (TPSA) is 110 Å². The highest BCUT2D eigenvalue weighted by atomic mass is 32.2. The number of nitrogens with one attached hydrogen (secondary N) is 2. The minimum atomic E-state index is -3.43. The van der Waals surface area contributed by atoms with Crippen LogP contribution in [0.4, 0.5) is 0 Å². The van der Waals surface area contributed by atoms with Crippen molar-refractivity contribution < 1.29 is 13.2 Å². The van der Waals surface area contributed by atoms with E-state index < -0.39 is 26.8 Å². The molecule has 0 bridgehead atoms. The lowest BCUT2D eigenvalue weighted by atomic mass is 10.1. The van der Waals surface area contributed by atoms with Gasteiger partial charge in [0.05, 0.1) is 11.3 Å². The van der Waals surface area contributed by atoms with Crippen LogP contribution in [0.5, 0.6) is 0 Å². The Morgan fingerprint density at radius 1 is 1.15 bits per heavy atom. The van der Waals surface area contributed by atoms with Crippen LogP contribution < -0.4 is 16.0 Å². The first-order chi connectivity index (χ1) is 12.4. The summed E-state index contributed by atoms with van der Waals surface area (Å²) in [6, 6.07) is 10.8. The van der Waals surface area contributed by atoms with Crippen molar-refractivity contribution in [3.63, 3.8) is 0 Å². The van der Waals surface area contributed by atoms with Crippen molar-refractivity contribution >= 4 is 10.0 Å². The van der Waals surface area contributed by atoms with E-state index >= 15 is 0 Å². The number of hydrogen-bond acceptors (Lipinski definition) is 5. The largest absolute Gasteiger partial charge is 0.361 e. The molecule has 1 aromatic heterocycles. The van der Waals surface area contributed by atoms with E-state index in [1.54, 1.807) is 0 Å². The fourth-order valence-electron chi connectivity index (χ4n) is 2.74. The molecule has 26 heavy (non-hydrogen) atoms. The molecule has 9 heteroatoms. The van der Waals surface area contributed by atoms with E-state index in [1.807, 2.05) is 30.3 Å². The Morgan fingerprint density at radius 3 is 2.54 bits per heavy atom. The zero-order valence-electron chi connectivity index (χ0n) is 14.2. The van der Waals surface area contributed by atoms with Gasteiger partial charge < -0.3 is 4.74 Å². The van der Waals surface area contributed by atoms with Crippen LogP contribution in [0.3, 0.4) is 0 Å². The molecule has 0 radical (unpaired) electrons. The summed E-state index contributed by atoms with van der Waals surface area (Å²) in [5.74, 6) is -0.0535. The normalized spacial score (nSPS) is 15.7. The maximum absolute atomic E-state index is 12.3. The van der Waals surface area contributed by atoms with Crippen LogP contribution in [-0.4, -0.2) is 30.3 Å². The maximum Gasteiger partial charge on any atom is 0.330 e. The Kier molecular flexibility index (Phi) is 5.40. The Hall–Kier alpha value is -2.23. The molecule has 1 fully saturated rings. The highest BCUT2D eigenvalue weighted by molar-refractivity contribution is 7.89. The zero-order chi connectivity index (χ0) is 18.6. The van der Waals surface area contributed by atoms with Gasteiger partial charge in [0.2, 0.25) is 10.0 Å². The lowest BCUT2D eigenvalue weighted by Crippen LogP contribution is -2.36. The zero-order valence-corrected chi connectivity index (χ0v) is 15.0. The van der Waals surface area contributed by atoms with E-state index in [4.69, 9.17) is 4.74 Å². The number of ether oxygens (including phenoxy) is 1. The molecule has 1 saturated carbocycles. The molecule has 0 aliphatic heterocycles. The second kappa shape index (κ2) is 7.56. The molecule has 1 aromatic carbocycles. The second-order valence-corrected chi connectivity index (χ2v) is 8.18. The fraction of sp³-hybridized carbons (Fsp3) is 0.412. The van der Waals surface area contributed by atoms with Gasteiger partial charge in [-0.3, -0.25) is 14.3 Å². The van der Waals surface area contributed by atoms with Crippen molar-refractivity contribution in [1.82, 2.24) is 14.3 Å². The number of benzene rings is 1. The van der Waals surface area contributed by atoms with Crippen LogP contribution in [0.2, 0.25) is 0 Å². The predicted octanol–water partition coefficient (Wildman–Crippen LogP) is 0.510. The van der Waals surface area contributed by atoms with Gasteiger partial charge in [-0.15, -0.1) is 0 Å². The maximum atomic E-state index is 12.3. The average Bonchev–Trinajstić information content (AvgIpc) is 3.37. The van der Waals surface area contributed by atoms with Gasteiger partial charge in [-0.05, 0) is 24.8 Å².